The summed E-state index contributed by atoms with van der Waals surface area (Å²) in [7, 11) is 0. The van der Waals surface area contributed by atoms with Crippen molar-refractivity contribution in [2.45, 2.75) is 64.8 Å². The second kappa shape index (κ2) is 11.0. The van der Waals surface area contributed by atoms with Gasteiger partial charge in [0.25, 0.3) is 5.91 Å². The number of carbonyl (C=O) groups is 1. The summed E-state index contributed by atoms with van der Waals surface area (Å²) in [6.45, 7) is 9.96. The molecule has 1 aliphatic heterocycles. The summed E-state index contributed by atoms with van der Waals surface area (Å²) in [6.07, 6.45) is 3.57. The molecule has 1 saturated heterocycles. The Hall–Kier alpha value is -2.96. The van der Waals surface area contributed by atoms with Crippen LogP contribution in [0.1, 0.15) is 66.7 Å². The Balaban J connectivity index is 1.42. The molecule has 2 heterocycles. The van der Waals surface area contributed by atoms with E-state index in [1.54, 1.807) is 0 Å². The molecule has 0 saturated carbocycles. The number of benzene rings is 2. The quantitative estimate of drug-likeness (QED) is 0.481. The normalized spacial score (nSPS) is 16.2. The van der Waals surface area contributed by atoms with Gasteiger partial charge >= 0.3 is 0 Å². The molecule has 6 heteroatoms. The second-order valence-corrected chi connectivity index (χ2v) is 10.0. The fourth-order valence-electron chi connectivity index (χ4n) is 4.16. The van der Waals surface area contributed by atoms with Gasteiger partial charge in [0.1, 0.15) is 6.26 Å². The van der Waals surface area contributed by atoms with Gasteiger partial charge in [-0.05, 0) is 34.9 Å². The molecular formula is C28H35N3O3. The molecule has 180 valence electrons. The van der Waals surface area contributed by atoms with Crippen molar-refractivity contribution in [3.05, 3.63) is 89.1 Å². The fourth-order valence-corrected chi connectivity index (χ4v) is 4.16. The number of nitrogens with zero attached hydrogens (tertiary/aromatic N) is 2. The molecule has 1 unspecified atom stereocenters. The highest BCUT2D eigenvalue weighted by Gasteiger charge is 2.20. The first-order valence-electron chi connectivity index (χ1n) is 12.1. The monoisotopic (exact) mass is 461 g/mol. The zero-order chi connectivity index (χ0) is 24.0. The predicted octanol–water partition coefficient (Wildman–Crippen LogP) is 5.08. The standard InChI is InChI=1S/C28H35N3O3/c1-28(2,3)23-13-11-22(12-14-23)18-31(17-21-8-5-4-6-9-21)19-26-30-25(20-34-26)27(32)29-16-24-10-7-15-33-24/h4-6,8-9,11-14,20,24H,7,10,15-19H2,1-3H3,(H,29,32). The second-order valence-electron chi connectivity index (χ2n) is 10.0. The van der Waals surface area contributed by atoms with E-state index in [9.17, 15) is 4.79 Å². The molecule has 34 heavy (non-hydrogen) atoms. The van der Waals surface area contributed by atoms with E-state index >= 15 is 0 Å². The summed E-state index contributed by atoms with van der Waals surface area (Å²) >= 11 is 0. The first-order chi connectivity index (χ1) is 16.4. The van der Waals surface area contributed by atoms with Gasteiger partial charge in [0.05, 0.1) is 12.6 Å². The maximum absolute atomic E-state index is 12.5. The summed E-state index contributed by atoms with van der Waals surface area (Å²) in [6, 6.07) is 19.2. The molecule has 1 aromatic heterocycles. The number of rotatable bonds is 9. The van der Waals surface area contributed by atoms with E-state index in [2.05, 4.69) is 72.4 Å². The van der Waals surface area contributed by atoms with Crippen molar-refractivity contribution in [1.29, 1.82) is 0 Å². The summed E-state index contributed by atoms with van der Waals surface area (Å²) in [5.74, 6) is 0.308. The molecular weight excluding hydrogens is 426 g/mol. The van der Waals surface area contributed by atoms with E-state index in [-0.39, 0.29) is 17.4 Å². The molecule has 3 aromatic rings. The van der Waals surface area contributed by atoms with Crippen molar-refractivity contribution in [3.8, 4) is 0 Å². The lowest BCUT2D eigenvalue weighted by molar-refractivity contribution is 0.0853. The van der Waals surface area contributed by atoms with Gasteiger partial charge in [-0.3, -0.25) is 9.69 Å². The van der Waals surface area contributed by atoms with Gasteiger partial charge in [-0.2, -0.15) is 0 Å². The zero-order valence-electron chi connectivity index (χ0n) is 20.4. The van der Waals surface area contributed by atoms with Crippen LogP contribution in [-0.2, 0) is 29.8 Å². The summed E-state index contributed by atoms with van der Waals surface area (Å²) in [5.41, 5.74) is 4.20. The van der Waals surface area contributed by atoms with Gasteiger partial charge in [0.2, 0.25) is 5.89 Å². The van der Waals surface area contributed by atoms with Gasteiger partial charge in [0, 0.05) is 26.2 Å². The summed E-state index contributed by atoms with van der Waals surface area (Å²) in [5, 5.41) is 2.90. The van der Waals surface area contributed by atoms with Crippen molar-refractivity contribution in [2.24, 2.45) is 0 Å². The van der Waals surface area contributed by atoms with E-state index in [1.165, 1.54) is 23.0 Å². The molecule has 6 nitrogen and oxygen atoms in total. The fraction of sp³-hybridized carbons (Fsp3) is 0.429. The average molecular weight is 462 g/mol. The number of nitrogens with one attached hydrogen (secondary N) is 1. The molecule has 1 fully saturated rings. The third kappa shape index (κ3) is 6.78. The molecule has 0 aliphatic carbocycles. The highest BCUT2D eigenvalue weighted by molar-refractivity contribution is 5.91. The van der Waals surface area contributed by atoms with Crippen LogP contribution in [0.5, 0.6) is 0 Å². The number of aromatic nitrogens is 1. The Morgan fingerprint density at radius 1 is 1.03 bits per heavy atom. The van der Waals surface area contributed by atoms with E-state index in [1.807, 2.05) is 18.2 Å². The van der Waals surface area contributed by atoms with E-state index in [0.717, 1.165) is 32.5 Å². The molecule has 1 amide bonds. The highest BCUT2D eigenvalue weighted by atomic mass is 16.5. The number of hydrogen-bond donors (Lipinski definition) is 1. The van der Waals surface area contributed by atoms with Crippen LogP contribution in [-0.4, -0.2) is 35.0 Å². The molecule has 4 rings (SSSR count). The zero-order valence-corrected chi connectivity index (χ0v) is 20.4. The Morgan fingerprint density at radius 2 is 1.74 bits per heavy atom. The maximum atomic E-state index is 12.5. The number of amides is 1. The average Bonchev–Trinajstić information content (AvgIpc) is 3.50. The maximum Gasteiger partial charge on any atom is 0.273 e. The first-order valence-corrected chi connectivity index (χ1v) is 12.1. The number of oxazole rings is 1. The van der Waals surface area contributed by atoms with Gasteiger partial charge < -0.3 is 14.5 Å². The number of ether oxygens (including phenoxy) is 1. The van der Waals surface area contributed by atoms with Gasteiger partial charge in [0.15, 0.2) is 5.69 Å². The number of carbonyl (C=O) groups excluding carboxylic acids is 1. The van der Waals surface area contributed by atoms with Crippen LogP contribution >= 0.6 is 0 Å². The van der Waals surface area contributed by atoms with Gasteiger partial charge in [-0.1, -0.05) is 75.4 Å². The van der Waals surface area contributed by atoms with Crippen molar-refractivity contribution in [1.82, 2.24) is 15.2 Å². The Morgan fingerprint density at radius 3 is 2.38 bits per heavy atom. The summed E-state index contributed by atoms with van der Waals surface area (Å²) < 4.78 is 11.3. The molecule has 2 aromatic carbocycles. The largest absolute Gasteiger partial charge is 0.447 e. The lowest BCUT2D eigenvalue weighted by Gasteiger charge is -2.23. The Bertz CT molecular complexity index is 1050. The lowest BCUT2D eigenvalue weighted by atomic mass is 9.87. The van der Waals surface area contributed by atoms with Crippen LogP contribution in [0.25, 0.3) is 0 Å². The minimum absolute atomic E-state index is 0.0985. The predicted molar refractivity (Wildman–Crippen MR) is 132 cm³/mol. The van der Waals surface area contributed by atoms with Crippen LogP contribution in [0.2, 0.25) is 0 Å². The first kappa shape index (κ1) is 24.2. The minimum atomic E-state index is -0.224. The topological polar surface area (TPSA) is 67.6 Å². The van der Waals surface area contributed by atoms with Crippen LogP contribution in [0.15, 0.2) is 65.3 Å². The smallest absolute Gasteiger partial charge is 0.273 e. The lowest BCUT2D eigenvalue weighted by Crippen LogP contribution is -2.32. The molecule has 0 radical (unpaired) electrons. The van der Waals surface area contributed by atoms with Gasteiger partial charge in [-0.25, -0.2) is 4.98 Å². The van der Waals surface area contributed by atoms with E-state index in [4.69, 9.17) is 9.15 Å². The minimum Gasteiger partial charge on any atom is -0.447 e. The third-order valence-corrected chi connectivity index (χ3v) is 6.13. The van der Waals surface area contributed by atoms with Crippen molar-refractivity contribution < 1.29 is 13.9 Å². The molecule has 1 aliphatic rings. The van der Waals surface area contributed by atoms with Crippen LogP contribution < -0.4 is 5.32 Å². The van der Waals surface area contributed by atoms with Gasteiger partial charge in [-0.15, -0.1) is 0 Å². The van der Waals surface area contributed by atoms with E-state index < -0.39 is 0 Å². The Kier molecular flexibility index (Phi) is 7.80. The Labute approximate surface area is 202 Å². The van der Waals surface area contributed by atoms with Crippen molar-refractivity contribution in [3.63, 3.8) is 0 Å². The SMILES string of the molecule is CC(C)(C)c1ccc(CN(Cc2ccccc2)Cc2nc(C(=O)NCC3CCCO3)co2)cc1. The molecule has 0 bridgehead atoms. The molecule has 1 N–H and O–H groups in total. The molecule has 1 atom stereocenters. The van der Waals surface area contributed by atoms with Crippen LogP contribution in [0.4, 0.5) is 0 Å². The summed E-state index contributed by atoms with van der Waals surface area (Å²) in [4.78, 5) is 19.2. The van der Waals surface area contributed by atoms with Crippen LogP contribution in [0, 0.1) is 0 Å². The third-order valence-electron chi connectivity index (χ3n) is 6.13. The van der Waals surface area contributed by atoms with E-state index in [0.29, 0.717) is 24.7 Å². The number of hydrogen-bond acceptors (Lipinski definition) is 5. The van der Waals surface area contributed by atoms with Crippen molar-refractivity contribution in [2.75, 3.05) is 13.2 Å². The highest BCUT2D eigenvalue weighted by Crippen LogP contribution is 2.23. The van der Waals surface area contributed by atoms with Crippen molar-refractivity contribution >= 4 is 5.91 Å². The molecule has 0 spiro atoms. The van der Waals surface area contributed by atoms with Crippen LogP contribution in [0.3, 0.4) is 0 Å².